The topological polar surface area (TPSA) is 58.8 Å². The van der Waals surface area contributed by atoms with Crippen molar-refractivity contribution in [3.8, 4) is 0 Å². The first-order valence-electron chi connectivity index (χ1n) is 7.27. The van der Waals surface area contributed by atoms with Gasteiger partial charge in [0.15, 0.2) is 5.76 Å². The number of morpholine rings is 1. The second-order valence-electron chi connectivity index (χ2n) is 5.56. The smallest absolute Gasteiger partial charge is 0.253 e. The maximum absolute atomic E-state index is 12.3. The van der Waals surface area contributed by atoms with E-state index in [9.17, 15) is 4.79 Å². The monoisotopic (exact) mass is 279 g/mol. The zero-order valence-electron chi connectivity index (χ0n) is 11.9. The molecule has 1 unspecified atom stereocenters. The molecule has 2 saturated heterocycles. The van der Waals surface area contributed by atoms with Crippen LogP contribution in [0.3, 0.4) is 0 Å². The minimum absolute atomic E-state index is 0.140. The summed E-state index contributed by atoms with van der Waals surface area (Å²) in [5.74, 6) is 0.984. The van der Waals surface area contributed by atoms with Crippen LogP contribution in [0.4, 0.5) is 0 Å². The standard InChI is InChI=1S/C14H21N3O3/c1-11-8-12(20-15-11)9-16-6-7-19-13(10-16)14(18)17-4-2-3-5-17/h8,13H,2-7,9-10H2,1H3. The van der Waals surface area contributed by atoms with E-state index in [1.54, 1.807) is 0 Å². The van der Waals surface area contributed by atoms with Crippen molar-refractivity contribution in [2.24, 2.45) is 0 Å². The predicted molar refractivity (Wildman–Crippen MR) is 72.1 cm³/mol. The number of hydrogen-bond acceptors (Lipinski definition) is 5. The molecule has 0 bridgehead atoms. The van der Waals surface area contributed by atoms with Gasteiger partial charge in [0.05, 0.1) is 18.8 Å². The fourth-order valence-electron chi connectivity index (χ4n) is 2.85. The van der Waals surface area contributed by atoms with Gasteiger partial charge in [0.1, 0.15) is 6.10 Å². The van der Waals surface area contributed by atoms with Gasteiger partial charge in [0.25, 0.3) is 5.91 Å². The number of carbonyl (C=O) groups excluding carboxylic acids is 1. The number of aromatic nitrogens is 1. The minimum atomic E-state index is -0.328. The Morgan fingerprint density at radius 2 is 2.20 bits per heavy atom. The van der Waals surface area contributed by atoms with Gasteiger partial charge in [-0.15, -0.1) is 0 Å². The van der Waals surface area contributed by atoms with E-state index < -0.39 is 0 Å². The van der Waals surface area contributed by atoms with E-state index in [0.29, 0.717) is 19.7 Å². The van der Waals surface area contributed by atoms with E-state index in [2.05, 4.69) is 10.1 Å². The highest BCUT2D eigenvalue weighted by Gasteiger charge is 2.31. The molecule has 110 valence electrons. The normalized spacial score (nSPS) is 24.2. The van der Waals surface area contributed by atoms with Gasteiger partial charge in [-0.05, 0) is 19.8 Å². The molecule has 0 aliphatic carbocycles. The molecule has 2 aliphatic rings. The van der Waals surface area contributed by atoms with Crippen LogP contribution in [0.1, 0.15) is 24.3 Å². The van der Waals surface area contributed by atoms with Crippen LogP contribution >= 0.6 is 0 Å². The summed E-state index contributed by atoms with van der Waals surface area (Å²) in [7, 11) is 0. The molecule has 6 heteroatoms. The number of hydrogen-bond donors (Lipinski definition) is 0. The largest absolute Gasteiger partial charge is 0.366 e. The molecule has 0 aromatic carbocycles. The van der Waals surface area contributed by atoms with E-state index in [-0.39, 0.29) is 12.0 Å². The molecule has 3 heterocycles. The summed E-state index contributed by atoms with van der Waals surface area (Å²) in [5.41, 5.74) is 0.887. The van der Waals surface area contributed by atoms with Crippen molar-refractivity contribution in [1.82, 2.24) is 15.0 Å². The summed E-state index contributed by atoms with van der Waals surface area (Å²) in [5, 5.41) is 3.89. The lowest BCUT2D eigenvalue weighted by molar-refractivity contribution is -0.148. The van der Waals surface area contributed by atoms with Crippen LogP contribution in [0.2, 0.25) is 0 Å². The van der Waals surface area contributed by atoms with Gasteiger partial charge in [-0.3, -0.25) is 9.69 Å². The van der Waals surface area contributed by atoms with Gasteiger partial charge in [-0.25, -0.2) is 0 Å². The number of likely N-dealkylation sites (tertiary alicyclic amines) is 1. The summed E-state index contributed by atoms with van der Waals surface area (Å²) in [6.07, 6.45) is 1.89. The average molecular weight is 279 g/mol. The van der Waals surface area contributed by atoms with Crippen molar-refractivity contribution >= 4 is 5.91 Å². The third-order valence-corrected chi connectivity index (χ3v) is 3.90. The Labute approximate surface area is 118 Å². The number of ether oxygens (including phenoxy) is 1. The van der Waals surface area contributed by atoms with Gasteiger partial charge >= 0.3 is 0 Å². The molecule has 1 aromatic heterocycles. The van der Waals surface area contributed by atoms with Crippen molar-refractivity contribution in [2.45, 2.75) is 32.4 Å². The Bertz CT molecular complexity index is 468. The zero-order valence-corrected chi connectivity index (χ0v) is 11.9. The summed E-state index contributed by atoms with van der Waals surface area (Å²) < 4.78 is 10.9. The lowest BCUT2D eigenvalue weighted by Crippen LogP contribution is -2.50. The summed E-state index contributed by atoms with van der Waals surface area (Å²) in [6, 6.07) is 1.94. The van der Waals surface area contributed by atoms with Gasteiger partial charge in [0, 0.05) is 32.2 Å². The summed E-state index contributed by atoms with van der Waals surface area (Å²) in [6.45, 7) is 6.40. The van der Waals surface area contributed by atoms with Gasteiger partial charge in [0.2, 0.25) is 0 Å². The quantitative estimate of drug-likeness (QED) is 0.819. The highest BCUT2D eigenvalue weighted by atomic mass is 16.5. The summed E-state index contributed by atoms with van der Waals surface area (Å²) in [4.78, 5) is 16.5. The van der Waals surface area contributed by atoms with Crippen molar-refractivity contribution in [1.29, 1.82) is 0 Å². The van der Waals surface area contributed by atoms with Gasteiger partial charge in [-0.2, -0.15) is 0 Å². The van der Waals surface area contributed by atoms with Crippen LogP contribution in [0.5, 0.6) is 0 Å². The van der Waals surface area contributed by atoms with Gasteiger partial charge < -0.3 is 14.2 Å². The van der Waals surface area contributed by atoms with E-state index in [1.165, 1.54) is 0 Å². The first-order chi connectivity index (χ1) is 9.72. The molecule has 2 aliphatic heterocycles. The lowest BCUT2D eigenvalue weighted by atomic mass is 10.2. The van der Waals surface area contributed by atoms with Crippen molar-refractivity contribution in [2.75, 3.05) is 32.8 Å². The Morgan fingerprint density at radius 3 is 2.90 bits per heavy atom. The van der Waals surface area contributed by atoms with Crippen molar-refractivity contribution in [3.63, 3.8) is 0 Å². The SMILES string of the molecule is Cc1cc(CN2CCOC(C(=O)N3CCCC3)C2)on1. The third kappa shape index (κ3) is 3.02. The summed E-state index contributed by atoms with van der Waals surface area (Å²) >= 11 is 0. The van der Waals surface area contributed by atoms with E-state index in [1.807, 2.05) is 17.9 Å². The maximum atomic E-state index is 12.3. The zero-order chi connectivity index (χ0) is 13.9. The molecule has 1 amide bonds. The van der Waals surface area contributed by atoms with Gasteiger partial charge in [-0.1, -0.05) is 5.16 Å². The van der Waals surface area contributed by atoms with Crippen LogP contribution in [0.15, 0.2) is 10.6 Å². The fourth-order valence-corrected chi connectivity index (χ4v) is 2.85. The number of nitrogens with zero attached hydrogens (tertiary/aromatic N) is 3. The second-order valence-corrected chi connectivity index (χ2v) is 5.56. The first kappa shape index (κ1) is 13.6. The fraction of sp³-hybridized carbons (Fsp3) is 0.714. The third-order valence-electron chi connectivity index (χ3n) is 3.90. The molecule has 6 nitrogen and oxygen atoms in total. The maximum Gasteiger partial charge on any atom is 0.253 e. The Hall–Kier alpha value is -1.40. The highest BCUT2D eigenvalue weighted by molar-refractivity contribution is 5.81. The van der Waals surface area contributed by atoms with Crippen molar-refractivity contribution < 1.29 is 14.1 Å². The molecule has 0 N–H and O–H groups in total. The van der Waals surface area contributed by atoms with E-state index in [0.717, 1.165) is 43.9 Å². The minimum Gasteiger partial charge on any atom is -0.366 e. The van der Waals surface area contributed by atoms with Crippen LogP contribution in [-0.2, 0) is 16.1 Å². The Kier molecular flexibility index (Phi) is 4.03. The molecule has 2 fully saturated rings. The molecule has 1 aromatic rings. The van der Waals surface area contributed by atoms with Crippen LogP contribution < -0.4 is 0 Å². The molecule has 0 saturated carbocycles. The van der Waals surface area contributed by atoms with Crippen molar-refractivity contribution in [3.05, 3.63) is 17.5 Å². The number of amides is 1. The second kappa shape index (κ2) is 5.93. The first-order valence-corrected chi connectivity index (χ1v) is 7.27. The molecule has 3 rings (SSSR count). The lowest BCUT2D eigenvalue weighted by Gasteiger charge is -2.33. The van der Waals surface area contributed by atoms with Crippen LogP contribution in [0.25, 0.3) is 0 Å². The average Bonchev–Trinajstić information content (AvgIpc) is 3.10. The molecule has 1 atom stereocenters. The molecule has 20 heavy (non-hydrogen) atoms. The molecule has 0 spiro atoms. The van der Waals surface area contributed by atoms with E-state index in [4.69, 9.17) is 9.26 Å². The highest BCUT2D eigenvalue weighted by Crippen LogP contribution is 2.15. The number of aryl methyl sites for hydroxylation is 1. The van der Waals surface area contributed by atoms with Crippen LogP contribution in [0, 0.1) is 6.92 Å². The Balaban J connectivity index is 1.57. The molecular weight excluding hydrogens is 258 g/mol. The molecular formula is C14H21N3O3. The molecule has 0 radical (unpaired) electrons. The van der Waals surface area contributed by atoms with E-state index >= 15 is 0 Å². The number of carbonyl (C=O) groups is 1. The Morgan fingerprint density at radius 1 is 1.40 bits per heavy atom. The van der Waals surface area contributed by atoms with Crippen LogP contribution in [-0.4, -0.2) is 59.8 Å². The number of rotatable bonds is 3. The predicted octanol–water partition coefficient (Wildman–Crippen LogP) is 0.806.